The lowest BCUT2D eigenvalue weighted by atomic mass is 10.1. The van der Waals surface area contributed by atoms with E-state index in [0.29, 0.717) is 37.0 Å². The number of benzene rings is 2. The summed E-state index contributed by atoms with van der Waals surface area (Å²) >= 11 is 6.01. The number of carbonyl (C=O) groups excluding carboxylic acids is 2. The van der Waals surface area contributed by atoms with Gasteiger partial charge in [0.25, 0.3) is 0 Å². The zero-order valence-corrected chi connectivity index (χ0v) is 20.0. The average molecular weight is 491 g/mol. The van der Waals surface area contributed by atoms with Crippen molar-refractivity contribution in [3.8, 4) is 0 Å². The van der Waals surface area contributed by atoms with Gasteiger partial charge in [-0.05, 0) is 61.3 Å². The fourth-order valence-corrected chi connectivity index (χ4v) is 6.69. The zero-order chi connectivity index (χ0) is 23.3. The summed E-state index contributed by atoms with van der Waals surface area (Å²) in [5.41, 5.74) is 0. The van der Waals surface area contributed by atoms with Crippen molar-refractivity contribution in [2.75, 3.05) is 33.2 Å². The summed E-state index contributed by atoms with van der Waals surface area (Å²) in [7, 11) is -1.83. The number of rotatable bonds is 5. The fourth-order valence-electron chi connectivity index (χ4n) is 5.25. The van der Waals surface area contributed by atoms with Crippen LogP contribution in [0, 0.1) is 0 Å². The average Bonchev–Trinajstić information content (AvgIpc) is 3.35. The maximum atomic E-state index is 13.1. The molecule has 3 aliphatic heterocycles. The smallest absolute Gasteiger partial charge is 0.242 e. The molecule has 0 saturated carbocycles. The van der Waals surface area contributed by atoms with Crippen molar-refractivity contribution in [1.29, 1.82) is 0 Å². The number of nitrogens with zero attached hydrogens (tertiary/aromatic N) is 3. The topological polar surface area (TPSA) is 90.0 Å². The van der Waals surface area contributed by atoms with Crippen molar-refractivity contribution in [1.82, 2.24) is 19.4 Å². The number of fused-ring (bicyclic) bond motifs is 3. The van der Waals surface area contributed by atoms with Crippen LogP contribution in [0.25, 0.3) is 10.8 Å². The molecule has 3 atom stereocenters. The Morgan fingerprint density at radius 2 is 1.88 bits per heavy atom. The predicted octanol–water partition coefficient (Wildman–Crippen LogP) is 1.68. The van der Waals surface area contributed by atoms with E-state index in [2.05, 4.69) is 16.7 Å². The summed E-state index contributed by atoms with van der Waals surface area (Å²) in [5.74, 6) is -0.395. The number of carbonyl (C=O) groups is 2. The van der Waals surface area contributed by atoms with Gasteiger partial charge in [0.05, 0.1) is 11.4 Å². The van der Waals surface area contributed by atoms with Crippen molar-refractivity contribution >= 4 is 44.2 Å². The molecule has 176 valence electrons. The number of sulfonamides is 1. The van der Waals surface area contributed by atoms with Crippen molar-refractivity contribution in [2.45, 2.75) is 42.3 Å². The maximum Gasteiger partial charge on any atom is 0.242 e. The lowest BCUT2D eigenvalue weighted by Gasteiger charge is -2.36. The van der Waals surface area contributed by atoms with E-state index in [0.717, 1.165) is 23.7 Å². The van der Waals surface area contributed by atoms with Gasteiger partial charge in [0, 0.05) is 36.7 Å². The monoisotopic (exact) mass is 490 g/mol. The van der Waals surface area contributed by atoms with E-state index >= 15 is 0 Å². The lowest BCUT2D eigenvalue weighted by Crippen LogP contribution is -2.56. The Kier molecular flexibility index (Phi) is 5.84. The van der Waals surface area contributed by atoms with Crippen molar-refractivity contribution < 1.29 is 18.0 Å². The zero-order valence-electron chi connectivity index (χ0n) is 18.4. The Balaban J connectivity index is 1.26. The number of amides is 2. The molecule has 10 heteroatoms. The van der Waals surface area contributed by atoms with E-state index in [9.17, 15) is 18.0 Å². The van der Waals surface area contributed by atoms with Crippen LogP contribution in [0.4, 0.5) is 0 Å². The van der Waals surface area contributed by atoms with Crippen LogP contribution < -0.4 is 4.72 Å². The SMILES string of the molecule is CN1C[C@@H]2C[C@@H]1CN2C(=O)CN1CCC[C@H](NS(=O)(=O)c2ccc3cc(Cl)ccc3c2)C1=O. The third-order valence-corrected chi connectivity index (χ3v) is 8.78. The second kappa shape index (κ2) is 8.54. The van der Waals surface area contributed by atoms with Gasteiger partial charge in [-0.3, -0.25) is 14.5 Å². The molecule has 2 amide bonds. The van der Waals surface area contributed by atoms with E-state index in [1.807, 2.05) is 4.90 Å². The third kappa shape index (κ3) is 4.35. The van der Waals surface area contributed by atoms with Crippen LogP contribution in [0.3, 0.4) is 0 Å². The highest BCUT2D eigenvalue weighted by Gasteiger charge is 2.44. The van der Waals surface area contributed by atoms with Gasteiger partial charge in [-0.15, -0.1) is 0 Å². The predicted molar refractivity (Wildman–Crippen MR) is 125 cm³/mol. The van der Waals surface area contributed by atoms with Gasteiger partial charge in [-0.25, -0.2) is 8.42 Å². The molecule has 3 heterocycles. The molecule has 3 fully saturated rings. The fraction of sp³-hybridized carbons (Fsp3) is 0.478. The van der Waals surface area contributed by atoms with Crippen molar-refractivity contribution in [3.63, 3.8) is 0 Å². The Morgan fingerprint density at radius 1 is 1.12 bits per heavy atom. The molecule has 2 aromatic rings. The summed E-state index contributed by atoms with van der Waals surface area (Å²) < 4.78 is 28.6. The van der Waals surface area contributed by atoms with Crippen LogP contribution in [0.15, 0.2) is 41.3 Å². The molecule has 0 radical (unpaired) electrons. The van der Waals surface area contributed by atoms with Crippen LogP contribution in [0.2, 0.25) is 5.02 Å². The number of hydrogen-bond donors (Lipinski definition) is 1. The van der Waals surface area contributed by atoms with E-state index in [1.165, 1.54) is 11.0 Å². The number of likely N-dealkylation sites (tertiary alicyclic amines) is 3. The van der Waals surface area contributed by atoms with Gasteiger partial charge in [0.2, 0.25) is 21.8 Å². The molecule has 2 aromatic carbocycles. The van der Waals surface area contributed by atoms with Gasteiger partial charge in [-0.1, -0.05) is 23.7 Å². The number of halogens is 1. The molecule has 0 unspecified atom stereocenters. The largest absolute Gasteiger partial charge is 0.335 e. The summed E-state index contributed by atoms with van der Waals surface area (Å²) in [4.78, 5) is 31.7. The molecule has 3 aliphatic rings. The summed E-state index contributed by atoms with van der Waals surface area (Å²) in [6, 6.07) is 9.75. The molecule has 33 heavy (non-hydrogen) atoms. The normalized spacial score (nSPS) is 25.9. The molecule has 8 nitrogen and oxygen atoms in total. The van der Waals surface area contributed by atoms with Crippen LogP contribution in [-0.4, -0.2) is 86.3 Å². The summed E-state index contributed by atoms with van der Waals surface area (Å²) in [6.45, 7) is 2.03. The van der Waals surface area contributed by atoms with E-state index in [1.54, 1.807) is 30.3 Å². The first-order valence-corrected chi connectivity index (χ1v) is 13.1. The number of nitrogens with one attached hydrogen (secondary N) is 1. The van der Waals surface area contributed by atoms with E-state index in [-0.39, 0.29) is 29.3 Å². The molecule has 0 aromatic heterocycles. The van der Waals surface area contributed by atoms with E-state index in [4.69, 9.17) is 11.6 Å². The first-order valence-electron chi connectivity index (χ1n) is 11.2. The second-order valence-corrected chi connectivity index (χ2v) is 11.4. The Hall–Kier alpha value is -2.20. The van der Waals surface area contributed by atoms with Crippen LogP contribution >= 0.6 is 11.6 Å². The Labute approximate surface area is 198 Å². The van der Waals surface area contributed by atoms with Crippen LogP contribution in [0.1, 0.15) is 19.3 Å². The molecule has 5 rings (SSSR count). The third-order valence-electron chi connectivity index (χ3n) is 7.07. The molecule has 2 bridgehead atoms. The first kappa shape index (κ1) is 22.6. The van der Waals surface area contributed by atoms with Gasteiger partial charge in [0.1, 0.15) is 6.04 Å². The summed E-state index contributed by atoms with van der Waals surface area (Å²) in [6.07, 6.45) is 2.03. The Morgan fingerprint density at radius 3 is 2.61 bits per heavy atom. The number of piperazine rings is 1. The second-order valence-electron chi connectivity index (χ2n) is 9.26. The molecule has 1 N–H and O–H groups in total. The maximum absolute atomic E-state index is 13.1. The minimum Gasteiger partial charge on any atom is -0.335 e. The minimum atomic E-state index is -3.91. The first-order chi connectivity index (χ1) is 15.7. The lowest BCUT2D eigenvalue weighted by molar-refractivity contribution is -0.144. The van der Waals surface area contributed by atoms with Gasteiger partial charge in [0.15, 0.2) is 0 Å². The molecule has 0 spiro atoms. The molecular formula is C23H27ClN4O4S. The Bertz CT molecular complexity index is 1220. The molecule has 3 saturated heterocycles. The number of piperidine rings is 1. The standard InChI is InChI=1S/C23H27ClN4O4S/c1-26-12-19-11-18(26)13-28(19)22(29)14-27-8-2-3-21(23(27)30)25-33(31,32)20-7-5-15-9-17(24)6-4-16(15)10-20/h4-7,9-10,18-19,21,25H,2-3,8,11-14H2,1H3/t18-,19+,21+/m1/s1. The van der Waals surface area contributed by atoms with Gasteiger partial charge in [-0.2, -0.15) is 4.72 Å². The van der Waals surface area contributed by atoms with Crippen LogP contribution in [-0.2, 0) is 19.6 Å². The quantitative estimate of drug-likeness (QED) is 0.688. The highest BCUT2D eigenvalue weighted by molar-refractivity contribution is 7.89. The van der Waals surface area contributed by atoms with Gasteiger partial charge >= 0.3 is 0 Å². The van der Waals surface area contributed by atoms with Crippen molar-refractivity contribution in [2.24, 2.45) is 0 Å². The van der Waals surface area contributed by atoms with Gasteiger partial charge < -0.3 is 9.80 Å². The van der Waals surface area contributed by atoms with Crippen molar-refractivity contribution in [3.05, 3.63) is 41.4 Å². The molecular weight excluding hydrogens is 464 g/mol. The highest BCUT2D eigenvalue weighted by atomic mass is 35.5. The highest BCUT2D eigenvalue weighted by Crippen LogP contribution is 2.29. The number of hydrogen-bond acceptors (Lipinski definition) is 5. The molecule has 0 aliphatic carbocycles. The van der Waals surface area contributed by atoms with Crippen LogP contribution in [0.5, 0.6) is 0 Å². The minimum absolute atomic E-state index is 0.000723. The summed E-state index contributed by atoms with van der Waals surface area (Å²) in [5, 5.41) is 2.16. The number of likely N-dealkylation sites (N-methyl/N-ethyl adjacent to an activating group) is 1. The van der Waals surface area contributed by atoms with E-state index < -0.39 is 16.1 Å².